The largest absolute Gasteiger partial charge is 0.481 e. The number of carboxylic acids is 1. The number of nitrogens with zero attached hydrogens (tertiary/aromatic N) is 3. The SMILES string of the molecule is CCOC(=O)c1cc(NC(=O)c2cc([N+](=O)[O-])cn2CC(C)C)cn1CCC(=O)O. The lowest BCUT2D eigenvalue weighted by atomic mass is 10.2. The van der Waals surface area contributed by atoms with Crippen molar-refractivity contribution in [3.05, 3.63) is 46.0 Å². The van der Waals surface area contributed by atoms with Gasteiger partial charge in [-0.3, -0.25) is 19.7 Å². The fourth-order valence-corrected chi connectivity index (χ4v) is 2.88. The van der Waals surface area contributed by atoms with Gasteiger partial charge in [-0.25, -0.2) is 4.79 Å². The summed E-state index contributed by atoms with van der Waals surface area (Å²) in [6, 6.07) is 2.56. The van der Waals surface area contributed by atoms with Gasteiger partial charge in [-0.2, -0.15) is 0 Å². The molecule has 2 heterocycles. The minimum Gasteiger partial charge on any atom is -0.481 e. The highest BCUT2D eigenvalue weighted by Crippen LogP contribution is 2.21. The molecule has 2 aromatic heterocycles. The lowest BCUT2D eigenvalue weighted by molar-refractivity contribution is -0.384. The Bertz CT molecular complexity index is 958. The van der Waals surface area contributed by atoms with Crippen molar-refractivity contribution in [1.82, 2.24) is 9.13 Å². The summed E-state index contributed by atoms with van der Waals surface area (Å²) in [7, 11) is 0. The average Bonchev–Trinajstić information content (AvgIpc) is 3.24. The third kappa shape index (κ3) is 5.69. The zero-order valence-corrected chi connectivity index (χ0v) is 17.0. The van der Waals surface area contributed by atoms with Gasteiger partial charge in [0.25, 0.3) is 11.6 Å². The van der Waals surface area contributed by atoms with Crippen LogP contribution in [0.4, 0.5) is 11.4 Å². The first-order chi connectivity index (χ1) is 14.1. The second kappa shape index (κ2) is 9.72. The smallest absolute Gasteiger partial charge is 0.355 e. The van der Waals surface area contributed by atoms with Gasteiger partial charge in [-0.15, -0.1) is 0 Å². The lowest BCUT2D eigenvalue weighted by Gasteiger charge is -2.10. The Labute approximate surface area is 172 Å². The number of nitrogens with one attached hydrogen (secondary N) is 1. The van der Waals surface area contributed by atoms with E-state index in [4.69, 9.17) is 9.84 Å². The number of ether oxygens (including phenoxy) is 1. The molecule has 0 atom stereocenters. The Morgan fingerprint density at radius 2 is 1.90 bits per heavy atom. The highest BCUT2D eigenvalue weighted by Gasteiger charge is 2.22. The monoisotopic (exact) mass is 420 g/mol. The van der Waals surface area contributed by atoms with E-state index in [0.29, 0.717) is 6.54 Å². The molecule has 0 aliphatic carbocycles. The molecule has 1 amide bonds. The van der Waals surface area contributed by atoms with E-state index in [-0.39, 0.29) is 48.3 Å². The molecule has 0 aliphatic rings. The van der Waals surface area contributed by atoms with Crippen molar-refractivity contribution in [3.63, 3.8) is 0 Å². The van der Waals surface area contributed by atoms with Crippen molar-refractivity contribution >= 4 is 29.2 Å². The van der Waals surface area contributed by atoms with Gasteiger partial charge < -0.3 is 24.3 Å². The number of aromatic nitrogens is 2. The van der Waals surface area contributed by atoms with Crippen LogP contribution in [0.5, 0.6) is 0 Å². The van der Waals surface area contributed by atoms with Crippen LogP contribution < -0.4 is 5.32 Å². The van der Waals surface area contributed by atoms with Gasteiger partial charge in [-0.1, -0.05) is 13.8 Å². The number of carbonyl (C=O) groups excluding carboxylic acids is 2. The first kappa shape index (κ1) is 22.7. The maximum Gasteiger partial charge on any atom is 0.355 e. The van der Waals surface area contributed by atoms with Crippen molar-refractivity contribution in [2.75, 3.05) is 11.9 Å². The van der Waals surface area contributed by atoms with Gasteiger partial charge in [-0.05, 0) is 18.9 Å². The van der Waals surface area contributed by atoms with Gasteiger partial charge in [0.15, 0.2) is 0 Å². The van der Waals surface area contributed by atoms with Gasteiger partial charge in [0, 0.05) is 25.4 Å². The minimum absolute atomic E-state index is 0.00848. The van der Waals surface area contributed by atoms with Gasteiger partial charge in [0.05, 0.1) is 29.8 Å². The van der Waals surface area contributed by atoms with E-state index in [1.54, 1.807) is 6.92 Å². The third-order valence-corrected chi connectivity index (χ3v) is 4.09. The van der Waals surface area contributed by atoms with Crippen LogP contribution in [-0.2, 0) is 22.6 Å². The van der Waals surface area contributed by atoms with Crippen molar-refractivity contribution in [3.8, 4) is 0 Å². The Morgan fingerprint density at radius 3 is 2.47 bits per heavy atom. The molecule has 162 valence electrons. The number of hydrogen-bond donors (Lipinski definition) is 2. The lowest BCUT2D eigenvalue weighted by Crippen LogP contribution is -2.18. The average molecular weight is 420 g/mol. The summed E-state index contributed by atoms with van der Waals surface area (Å²) in [5.41, 5.74) is 0.240. The van der Waals surface area contributed by atoms with E-state index >= 15 is 0 Å². The second-order valence-electron chi connectivity index (χ2n) is 7.01. The number of esters is 1. The molecule has 2 N–H and O–H groups in total. The molecule has 0 aromatic carbocycles. The predicted octanol–water partition coefficient (Wildman–Crippen LogP) is 2.76. The zero-order valence-electron chi connectivity index (χ0n) is 17.0. The highest BCUT2D eigenvalue weighted by molar-refractivity contribution is 6.04. The molecule has 0 unspecified atom stereocenters. The number of aliphatic carboxylic acids is 1. The molecule has 11 nitrogen and oxygen atoms in total. The van der Waals surface area contributed by atoms with Crippen LogP contribution in [0.1, 0.15) is 48.2 Å². The fraction of sp³-hybridized carbons (Fsp3) is 0.421. The van der Waals surface area contributed by atoms with Crippen molar-refractivity contribution in [1.29, 1.82) is 0 Å². The number of hydrogen-bond acceptors (Lipinski definition) is 6. The van der Waals surface area contributed by atoms with Gasteiger partial charge >= 0.3 is 11.9 Å². The maximum atomic E-state index is 12.8. The number of amides is 1. The molecule has 11 heteroatoms. The molecule has 30 heavy (non-hydrogen) atoms. The fourth-order valence-electron chi connectivity index (χ4n) is 2.88. The van der Waals surface area contributed by atoms with Crippen LogP contribution in [0, 0.1) is 16.0 Å². The van der Waals surface area contributed by atoms with Crippen LogP contribution in [-0.4, -0.2) is 43.6 Å². The van der Waals surface area contributed by atoms with Crippen LogP contribution in [0.3, 0.4) is 0 Å². The number of nitro groups is 1. The third-order valence-electron chi connectivity index (χ3n) is 4.09. The molecule has 0 saturated heterocycles. The van der Waals surface area contributed by atoms with Crippen LogP contribution in [0.15, 0.2) is 24.5 Å². The van der Waals surface area contributed by atoms with Gasteiger partial charge in [0.2, 0.25) is 0 Å². The molecule has 0 fully saturated rings. The van der Waals surface area contributed by atoms with Crippen LogP contribution in [0.2, 0.25) is 0 Å². The predicted molar refractivity (Wildman–Crippen MR) is 107 cm³/mol. The number of anilines is 1. The highest BCUT2D eigenvalue weighted by atomic mass is 16.6. The van der Waals surface area contributed by atoms with E-state index in [0.717, 1.165) is 0 Å². The number of carbonyl (C=O) groups is 3. The zero-order chi connectivity index (χ0) is 22.4. The van der Waals surface area contributed by atoms with Crippen molar-refractivity contribution in [2.24, 2.45) is 5.92 Å². The van der Waals surface area contributed by atoms with Crippen molar-refractivity contribution < 1.29 is 29.2 Å². The van der Waals surface area contributed by atoms with Crippen molar-refractivity contribution in [2.45, 2.75) is 40.3 Å². The second-order valence-corrected chi connectivity index (χ2v) is 7.01. The summed E-state index contributed by atoms with van der Waals surface area (Å²) >= 11 is 0. The summed E-state index contributed by atoms with van der Waals surface area (Å²) < 4.78 is 7.86. The van der Waals surface area contributed by atoms with Gasteiger partial charge in [0.1, 0.15) is 11.4 Å². The summed E-state index contributed by atoms with van der Waals surface area (Å²) in [6.07, 6.45) is 2.51. The standard InChI is InChI=1S/C19H24N4O7/c1-4-30-19(27)16-7-13(10-21(16)6-5-17(24)25)20-18(26)15-8-14(23(28)29)11-22(15)9-12(2)3/h7-8,10-12H,4-6,9H2,1-3H3,(H,20,26)(H,24,25). The number of aryl methyl sites for hydroxylation is 1. The van der Waals surface area contributed by atoms with E-state index in [1.165, 1.54) is 33.7 Å². The van der Waals surface area contributed by atoms with E-state index < -0.39 is 22.8 Å². The summed E-state index contributed by atoms with van der Waals surface area (Å²) in [6.45, 7) is 6.03. The van der Waals surface area contributed by atoms with E-state index in [9.17, 15) is 24.5 Å². The molecule has 0 bridgehead atoms. The minimum atomic E-state index is -1.04. The Kier molecular flexibility index (Phi) is 7.34. The van der Waals surface area contributed by atoms with E-state index in [1.807, 2.05) is 13.8 Å². The summed E-state index contributed by atoms with van der Waals surface area (Å²) in [5, 5.41) is 22.6. The van der Waals surface area contributed by atoms with E-state index in [2.05, 4.69) is 5.32 Å². The van der Waals surface area contributed by atoms with Crippen LogP contribution >= 0.6 is 0 Å². The number of carboxylic acid groups (broad SMARTS) is 1. The molecular weight excluding hydrogens is 396 g/mol. The molecular formula is C19H24N4O7. The first-order valence-corrected chi connectivity index (χ1v) is 9.37. The normalized spacial score (nSPS) is 10.8. The Morgan fingerprint density at radius 1 is 1.20 bits per heavy atom. The maximum absolute atomic E-state index is 12.8. The molecule has 2 rings (SSSR count). The molecule has 0 aliphatic heterocycles. The number of rotatable bonds is 10. The first-order valence-electron chi connectivity index (χ1n) is 9.37. The summed E-state index contributed by atoms with van der Waals surface area (Å²) in [4.78, 5) is 46.3. The summed E-state index contributed by atoms with van der Waals surface area (Å²) in [5.74, 6) is -2.13. The topological polar surface area (TPSA) is 146 Å². The molecule has 0 radical (unpaired) electrons. The molecule has 0 saturated carbocycles. The van der Waals surface area contributed by atoms with Crippen LogP contribution in [0.25, 0.3) is 0 Å². The quantitative estimate of drug-likeness (QED) is 0.341. The molecule has 2 aromatic rings. The Hall–Kier alpha value is -3.63. The molecule has 0 spiro atoms. The Balaban J connectivity index is 2.31.